The Morgan fingerprint density at radius 2 is 1.17 bits per heavy atom. The maximum atomic E-state index is 13.9. The predicted molar refractivity (Wildman–Crippen MR) is 199 cm³/mol. The minimum atomic E-state index is -1.50. The van der Waals surface area contributed by atoms with E-state index in [0.29, 0.717) is 44.0 Å². The quantitative estimate of drug-likeness (QED) is 0.109. The van der Waals surface area contributed by atoms with Gasteiger partial charge in [-0.05, 0) is 112 Å². The number of rotatable bonds is 8. The van der Waals surface area contributed by atoms with Crippen molar-refractivity contribution in [1.82, 2.24) is 10.6 Å². The van der Waals surface area contributed by atoms with Crippen LogP contribution in [0.3, 0.4) is 0 Å². The van der Waals surface area contributed by atoms with E-state index in [0.717, 1.165) is 11.8 Å². The predicted octanol–water partition coefficient (Wildman–Crippen LogP) is 7.12. The highest BCUT2D eigenvalue weighted by Gasteiger charge is 2.17. The van der Waals surface area contributed by atoms with Crippen LogP contribution in [0.1, 0.15) is 73.4 Å². The number of benzene rings is 4. The number of carbonyl (C=O) groups excluding carboxylic acids is 4. The van der Waals surface area contributed by atoms with Gasteiger partial charge in [0.1, 0.15) is 35.4 Å². The average Bonchev–Trinajstić information content (AvgIpc) is 3.05. The molecule has 0 saturated heterocycles. The molecule has 4 aromatic carbocycles. The first kappa shape index (κ1) is 43.2. The standard InChI is InChI=1S/C19H20FNO3.C12H15BrFNO2.C7H7BO3/c1-19(2,3)24-18(23)21-11-14-8-16(10-17(20)9-14)15-6-4-5-13(7-15)12-22;1-12(2,3)17-11(16)15-7-8-4-9(13)6-10(14)5-8;9-5-6-2-1-3-7(4-6)8(10)11/h4-10,12H,11H2,1-3H3,(H,21,23);4-6H,7H2,1-3H3,(H,15,16);1-5,10-11H. The molecule has 0 aromatic heterocycles. The van der Waals surface area contributed by atoms with Gasteiger partial charge in [-0.25, -0.2) is 18.4 Å². The summed E-state index contributed by atoms with van der Waals surface area (Å²) in [4.78, 5) is 44.2. The minimum Gasteiger partial charge on any atom is -0.444 e. The van der Waals surface area contributed by atoms with Crippen molar-refractivity contribution in [1.29, 1.82) is 0 Å². The van der Waals surface area contributed by atoms with Gasteiger partial charge in [-0.1, -0.05) is 58.4 Å². The molecule has 0 unspecified atom stereocenters. The van der Waals surface area contributed by atoms with E-state index in [1.165, 1.54) is 36.4 Å². The number of ether oxygens (including phenoxy) is 2. The molecule has 10 nitrogen and oxygen atoms in total. The van der Waals surface area contributed by atoms with Gasteiger partial charge in [0.05, 0.1) is 0 Å². The molecule has 0 atom stereocenters. The zero-order valence-corrected chi connectivity index (χ0v) is 31.3. The second-order valence-corrected chi connectivity index (χ2v) is 14.2. The van der Waals surface area contributed by atoms with Crippen molar-refractivity contribution in [2.24, 2.45) is 0 Å². The summed E-state index contributed by atoms with van der Waals surface area (Å²) in [6, 6.07) is 22.0. The Kier molecular flexibility index (Phi) is 16.8. The lowest BCUT2D eigenvalue weighted by Gasteiger charge is -2.19. The average molecular weight is 783 g/mol. The number of halogens is 3. The van der Waals surface area contributed by atoms with Gasteiger partial charge >= 0.3 is 19.3 Å². The van der Waals surface area contributed by atoms with E-state index >= 15 is 0 Å². The number of hydrogen-bond acceptors (Lipinski definition) is 8. The molecule has 4 rings (SSSR count). The van der Waals surface area contributed by atoms with Gasteiger partial charge in [-0.3, -0.25) is 9.59 Å². The third-order valence-corrected chi connectivity index (χ3v) is 6.71. The number of nitrogens with one attached hydrogen (secondary N) is 2. The molecule has 0 aliphatic heterocycles. The van der Waals surface area contributed by atoms with E-state index in [-0.39, 0.29) is 18.9 Å². The highest BCUT2D eigenvalue weighted by Crippen LogP contribution is 2.23. The first-order chi connectivity index (χ1) is 24.3. The van der Waals surface area contributed by atoms with E-state index in [9.17, 15) is 28.0 Å². The molecule has 52 heavy (non-hydrogen) atoms. The Hall–Kier alpha value is -4.92. The zero-order chi connectivity index (χ0) is 39.1. The number of alkyl carbamates (subject to hydrolysis) is 2. The normalized spacial score (nSPS) is 10.7. The highest BCUT2D eigenvalue weighted by atomic mass is 79.9. The monoisotopic (exact) mass is 782 g/mol. The molecule has 0 radical (unpaired) electrons. The summed E-state index contributed by atoms with van der Waals surface area (Å²) in [5, 5.41) is 22.5. The fourth-order valence-corrected chi connectivity index (χ4v) is 4.71. The van der Waals surface area contributed by atoms with Gasteiger partial charge in [0.2, 0.25) is 0 Å². The van der Waals surface area contributed by atoms with Crippen LogP contribution >= 0.6 is 15.9 Å². The summed E-state index contributed by atoms with van der Waals surface area (Å²) in [6.07, 6.45) is 0.328. The summed E-state index contributed by atoms with van der Waals surface area (Å²) in [5.41, 5.74) is 2.81. The Morgan fingerprint density at radius 1 is 0.692 bits per heavy atom. The largest absolute Gasteiger partial charge is 0.488 e. The Bertz CT molecular complexity index is 1810. The molecule has 14 heteroatoms. The first-order valence-corrected chi connectivity index (χ1v) is 16.7. The van der Waals surface area contributed by atoms with Crippen molar-refractivity contribution >= 4 is 53.3 Å². The maximum absolute atomic E-state index is 13.9. The lowest BCUT2D eigenvalue weighted by atomic mass is 9.80. The lowest BCUT2D eigenvalue weighted by Crippen LogP contribution is -2.32. The molecule has 0 bridgehead atoms. The summed E-state index contributed by atoms with van der Waals surface area (Å²) in [5.74, 6) is -0.759. The second kappa shape index (κ2) is 20.2. The zero-order valence-electron chi connectivity index (χ0n) is 29.7. The number of hydrogen-bond donors (Lipinski definition) is 4. The van der Waals surface area contributed by atoms with Crippen LogP contribution in [0.2, 0.25) is 0 Å². The maximum Gasteiger partial charge on any atom is 0.488 e. The molecule has 0 spiro atoms. The van der Waals surface area contributed by atoms with Crippen molar-refractivity contribution in [2.75, 3.05) is 0 Å². The van der Waals surface area contributed by atoms with Gasteiger partial charge in [0.25, 0.3) is 0 Å². The van der Waals surface area contributed by atoms with Crippen molar-refractivity contribution in [3.05, 3.63) is 123 Å². The second-order valence-electron chi connectivity index (χ2n) is 13.2. The van der Waals surface area contributed by atoms with Crippen molar-refractivity contribution in [3.63, 3.8) is 0 Å². The molecule has 2 amide bonds. The fourth-order valence-electron chi connectivity index (χ4n) is 4.19. The van der Waals surface area contributed by atoms with Crippen LogP contribution in [0, 0.1) is 11.6 Å². The fraction of sp³-hybridized carbons (Fsp3) is 0.263. The molecular formula is C38H42BBrF2N2O8. The van der Waals surface area contributed by atoms with Crippen molar-refractivity contribution in [3.8, 4) is 11.1 Å². The van der Waals surface area contributed by atoms with Crippen LogP contribution in [0.5, 0.6) is 0 Å². The van der Waals surface area contributed by atoms with Gasteiger partial charge in [-0.15, -0.1) is 0 Å². The van der Waals surface area contributed by atoms with Crippen LogP contribution in [-0.4, -0.2) is 53.1 Å². The van der Waals surface area contributed by atoms with Gasteiger partial charge in [0, 0.05) is 28.7 Å². The van der Waals surface area contributed by atoms with E-state index in [4.69, 9.17) is 19.5 Å². The Balaban J connectivity index is 0.000000291. The molecule has 4 aromatic rings. The molecular weight excluding hydrogens is 741 g/mol. The molecule has 0 aliphatic carbocycles. The van der Waals surface area contributed by atoms with E-state index in [2.05, 4.69) is 26.6 Å². The van der Waals surface area contributed by atoms with E-state index < -0.39 is 36.3 Å². The van der Waals surface area contributed by atoms with Crippen molar-refractivity contribution < 1.29 is 47.5 Å². The third kappa shape index (κ3) is 17.3. The van der Waals surface area contributed by atoms with Crippen LogP contribution in [0.4, 0.5) is 18.4 Å². The van der Waals surface area contributed by atoms with Crippen molar-refractivity contribution in [2.45, 2.75) is 65.8 Å². The third-order valence-electron chi connectivity index (χ3n) is 6.25. The molecule has 0 saturated carbocycles. The van der Waals surface area contributed by atoms with Gasteiger partial charge in [-0.2, -0.15) is 0 Å². The number of amides is 2. The smallest absolute Gasteiger partial charge is 0.444 e. The topological polar surface area (TPSA) is 151 Å². The van der Waals surface area contributed by atoms with E-state index in [1.54, 1.807) is 90.1 Å². The summed E-state index contributed by atoms with van der Waals surface area (Å²) in [6.45, 7) is 11.0. The number of carbonyl (C=O) groups is 4. The summed E-state index contributed by atoms with van der Waals surface area (Å²) >= 11 is 3.18. The molecule has 4 N–H and O–H groups in total. The lowest BCUT2D eigenvalue weighted by molar-refractivity contribution is 0.0512. The SMILES string of the molecule is CC(C)(C)OC(=O)NCc1cc(F)cc(-c2cccc(C=O)c2)c1.CC(C)(C)OC(=O)NCc1cc(F)cc(Br)c1.O=Cc1cccc(B(O)O)c1. The highest BCUT2D eigenvalue weighted by molar-refractivity contribution is 9.10. The van der Waals surface area contributed by atoms with Crippen LogP contribution < -0.4 is 16.1 Å². The van der Waals surface area contributed by atoms with Gasteiger partial charge < -0.3 is 30.2 Å². The molecule has 0 heterocycles. The van der Waals surface area contributed by atoms with Gasteiger partial charge in [0.15, 0.2) is 0 Å². The summed E-state index contributed by atoms with van der Waals surface area (Å²) < 4.78 is 37.8. The molecule has 0 aliphatic rings. The first-order valence-electron chi connectivity index (χ1n) is 15.9. The molecule has 276 valence electrons. The van der Waals surface area contributed by atoms with Crippen LogP contribution in [-0.2, 0) is 22.6 Å². The Labute approximate surface area is 310 Å². The Morgan fingerprint density at radius 3 is 1.65 bits per heavy atom. The van der Waals surface area contributed by atoms with Crippen LogP contribution in [0.25, 0.3) is 11.1 Å². The minimum absolute atomic E-state index is 0.146. The number of aldehydes is 2. The summed E-state index contributed by atoms with van der Waals surface area (Å²) in [7, 11) is -1.50. The molecule has 0 fully saturated rings. The van der Waals surface area contributed by atoms with E-state index in [1.807, 2.05) is 0 Å². The van der Waals surface area contributed by atoms with Crippen LogP contribution in [0.15, 0.2) is 89.4 Å².